The zero-order valence-electron chi connectivity index (χ0n) is 15.9. The second kappa shape index (κ2) is 8.12. The van der Waals surface area contributed by atoms with Crippen LogP contribution in [0.25, 0.3) is 0 Å². The standard InChI is InChI=1S/C20H19F3N2O4/c1-12(26)15-7-17-18(29-11-28-17)8-16(15)24-19(27)10-25(2)9-13-3-5-14(6-4-13)20(21,22)23/h3-8H,9-11H2,1-2H3,(H,24,27)/p+1. The number of hydrogen-bond donors (Lipinski definition) is 2. The van der Waals surface area contributed by atoms with Crippen LogP contribution in [-0.2, 0) is 17.5 Å². The topological polar surface area (TPSA) is 69.1 Å². The third kappa shape index (κ3) is 5.05. The Morgan fingerprint density at radius 1 is 1.10 bits per heavy atom. The summed E-state index contributed by atoms with van der Waals surface area (Å²) >= 11 is 0. The summed E-state index contributed by atoms with van der Waals surface area (Å²) in [4.78, 5) is 25.1. The molecule has 1 unspecified atom stereocenters. The van der Waals surface area contributed by atoms with E-state index in [2.05, 4.69) is 5.32 Å². The number of quaternary nitrogens is 1. The summed E-state index contributed by atoms with van der Waals surface area (Å²) in [6.45, 7) is 1.86. The molecule has 0 aromatic heterocycles. The number of Topliss-reactive ketones (excluding diaryl/α,β-unsaturated/α-hetero) is 1. The van der Waals surface area contributed by atoms with E-state index in [1.54, 1.807) is 13.1 Å². The third-order valence-corrected chi connectivity index (χ3v) is 4.42. The fraction of sp³-hybridized carbons (Fsp3) is 0.300. The molecule has 29 heavy (non-hydrogen) atoms. The molecule has 1 heterocycles. The van der Waals surface area contributed by atoms with Crippen molar-refractivity contribution in [3.63, 3.8) is 0 Å². The Bertz CT molecular complexity index is 927. The number of carbonyl (C=O) groups is 2. The van der Waals surface area contributed by atoms with E-state index in [9.17, 15) is 22.8 Å². The van der Waals surface area contributed by atoms with Crippen LogP contribution < -0.4 is 19.7 Å². The third-order valence-electron chi connectivity index (χ3n) is 4.42. The van der Waals surface area contributed by atoms with Crippen molar-refractivity contribution in [1.29, 1.82) is 0 Å². The van der Waals surface area contributed by atoms with E-state index >= 15 is 0 Å². The number of amides is 1. The lowest BCUT2D eigenvalue weighted by Gasteiger charge is -2.16. The highest BCUT2D eigenvalue weighted by atomic mass is 19.4. The number of carbonyl (C=O) groups excluding carboxylic acids is 2. The highest BCUT2D eigenvalue weighted by molar-refractivity contribution is 6.04. The van der Waals surface area contributed by atoms with Gasteiger partial charge in [0.1, 0.15) is 6.54 Å². The summed E-state index contributed by atoms with van der Waals surface area (Å²) in [5.74, 6) is 0.314. The van der Waals surface area contributed by atoms with Gasteiger partial charge >= 0.3 is 6.18 Å². The van der Waals surface area contributed by atoms with Gasteiger partial charge in [-0.1, -0.05) is 12.1 Å². The summed E-state index contributed by atoms with van der Waals surface area (Å²) in [6, 6.07) is 7.91. The minimum Gasteiger partial charge on any atom is -0.454 e. The number of ether oxygens (including phenoxy) is 2. The molecule has 6 nitrogen and oxygen atoms in total. The van der Waals surface area contributed by atoms with Gasteiger partial charge in [-0.15, -0.1) is 0 Å². The van der Waals surface area contributed by atoms with Gasteiger partial charge in [-0.2, -0.15) is 13.2 Å². The van der Waals surface area contributed by atoms with Gasteiger partial charge in [0.25, 0.3) is 5.91 Å². The van der Waals surface area contributed by atoms with Crippen molar-refractivity contribution in [2.75, 3.05) is 25.7 Å². The average Bonchev–Trinajstić information content (AvgIpc) is 3.07. The summed E-state index contributed by atoms with van der Waals surface area (Å²) in [7, 11) is 1.75. The van der Waals surface area contributed by atoms with Crippen LogP contribution in [0.1, 0.15) is 28.4 Å². The highest BCUT2D eigenvalue weighted by Gasteiger charge is 2.30. The van der Waals surface area contributed by atoms with Crippen LogP contribution in [0.15, 0.2) is 36.4 Å². The molecular formula is C20H20F3N2O4+. The number of anilines is 1. The first-order valence-corrected chi connectivity index (χ1v) is 8.85. The van der Waals surface area contributed by atoms with Crippen molar-refractivity contribution < 1.29 is 37.1 Å². The maximum Gasteiger partial charge on any atom is 0.416 e. The fourth-order valence-corrected chi connectivity index (χ4v) is 3.03. The van der Waals surface area contributed by atoms with E-state index in [4.69, 9.17) is 9.47 Å². The normalized spacial score (nSPS) is 13.8. The van der Waals surface area contributed by atoms with E-state index in [1.807, 2.05) is 0 Å². The lowest BCUT2D eigenvalue weighted by atomic mass is 10.1. The summed E-state index contributed by atoms with van der Waals surface area (Å²) in [6.07, 6.45) is -4.38. The van der Waals surface area contributed by atoms with Crippen LogP contribution >= 0.6 is 0 Å². The molecule has 2 aromatic rings. The van der Waals surface area contributed by atoms with Crippen molar-refractivity contribution in [1.82, 2.24) is 0 Å². The lowest BCUT2D eigenvalue weighted by Crippen LogP contribution is -3.08. The molecule has 0 fully saturated rings. The number of hydrogen-bond acceptors (Lipinski definition) is 4. The molecule has 0 spiro atoms. The van der Waals surface area contributed by atoms with Crippen LogP contribution in [0.5, 0.6) is 11.5 Å². The molecule has 154 valence electrons. The second-order valence-corrected chi connectivity index (χ2v) is 6.86. The van der Waals surface area contributed by atoms with Crippen LogP contribution in [0, 0.1) is 0 Å². The van der Waals surface area contributed by atoms with Crippen molar-refractivity contribution in [2.24, 2.45) is 0 Å². The zero-order chi connectivity index (χ0) is 21.2. The Hall–Kier alpha value is -3.07. The van der Waals surface area contributed by atoms with Gasteiger partial charge in [0.05, 0.1) is 18.3 Å². The molecule has 1 aliphatic rings. The molecule has 0 saturated carbocycles. The molecule has 1 aliphatic heterocycles. The van der Waals surface area contributed by atoms with Crippen molar-refractivity contribution in [3.8, 4) is 11.5 Å². The molecule has 1 atom stereocenters. The van der Waals surface area contributed by atoms with Crippen LogP contribution in [0.4, 0.5) is 18.9 Å². The Kier molecular flexibility index (Phi) is 5.78. The predicted molar refractivity (Wildman–Crippen MR) is 98.1 cm³/mol. The Balaban J connectivity index is 1.63. The number of fused-ring (bicyclic) bond motifs is 1. The molecule has 3 rings (SSSR count). The first-order valence-electron chi connectivity index (χ1n) is 8.85. The Morgan fingerprint density at radius 3 is 2.31 bits per heavy atom. The smallest absolute Gasteiger partial charge is 0.416 e. The largest absolute Gasteiger partial charge is 0.454 e. The minimum absolute atomic E-state index is 0.0457. The van der Waals surface area contributed by atoms with Gasteiger partial charge in [0, 0.05) is 17.2 Å². The lowest BCUT2D eigenvalue weighted by molar-refractivity contribution is -0.885. The van der Waals surface area contributed by atoms with Gasteiger partial charge in [0.15, 0.2) is 23.8 Å². The van der Waals surface area contributed by atoms with Crippen molar-refractivity contribution in [3.05, 3.63) is 53.1 Å². The molecule has 0 aliphatic carbocycles. The van der Waals surface area contributed by atoms with Crippen molar-refractivity contribution >= 4 is 17.4 Å². The fourth-order valence-electron chi connectivity index (χ4n) is 3.03. The SMILES string of the molecule is CC(=O)c1cc2c(cc1NC(=O)C[NH+](C)Cc1ccc(C(F)(F)F)cc1)OCO2. The van der Waals surface area contributed by atoms with Crippen LogP contribution in [0.2, 0.25) is 0 Å². The van der Waals surface area contributed by atoms with Gasteiger partial charge in [-0.3, -0.25) is 9.59 Å². The Labute approximate surface area is 165 Å². The maximum absolute atomic E-state index is 12.6. The number of alkyl halides is 3. The highest BCUT2D eigenvalue weighted by Crippen LogP contribution is 2.37. The van der Waals surface area contributed by atoms with Gasteiger partial charge in [0.2, 0.25) is 6.79 Å². The molecule has 9 heteroatoms. The number of rotatable bonds is 6. The minimum atomic E-state index is -4.38. The van der Waals surface area contributed by atoms with Crippen LogP contribution in [0.3, 0.4) is 0 Å². The molecule has 0 radical (unpaired) electrons. The average molecular weight is 409 g/mol. The van der Waals surface area contributed by atoms with E-state index in [0.717, 1.165) is 17.0 Å². The molecule has 1 amide bonds. The predicted octanol–water partition coefficient (Wildman–Crippen LogP) is 2.29. The molecule has 2 N–H and O–H groups in total. The number of benzene rings is 2. The number of ketones is 1. The van der Waals surface area contributed by atoms with E-state index in [1.165, 1.54) is 25.1 Å². The molecule has 0 bridgehead atoms. The summed E-state index contributed by atoms with van der Waals surface area (Å²) < 4.78 is 48.4. The Morgan fingerprint density at radius 2 is 1.72 bits per heavy atom. The van der Waals surface area contributed by atoms with Crippen molar-refractivity contribution in [2.45, 2.75) is 19.6 Å². The monoisotopic (exact) mass is 409 g/mol. The maximum atomic E-state index is 12.6. The van der Waals surface area contributed by atoms with E-state index in [0.29, 0.717) is 34.9 Å². The first-order chi connectivity index (χ1) is 13.6. The zero-order valence-corrected chi connectivity index (χ0v) is 15.9. The second-order valence-electron chi connectivity index (χ2n) is 6.86. The molecular weight excluding hydrogens is 389 g/mol. The van der Waals surface area contributed by atoms with Crippen LogP contribution in [-0.4, -0.2) is 32.1 Å². The van der Waals surface area contributed by atoms with E-state index < -0.39 is 11.7 Å². The number of halogens is 3. The number of likely N-dealkylation sites (N-methyl/N-ethyl adjacent to an activating group) is 1. The summed E-state index contributed by atoms with van der Waals surface area (Å²) in [5, 5.41) is 2.70. The summed E-state index contributed by atoms with van der Waals surface area (Å²) in [5.41, 5.74) is 0.601. The first kappa shape index (κ1) is 20.7. The quantitative estimate of drug-likeness (QED) is 0.719. The number of nitrogens with one attached hydrogen (secondary N) is 2. The van der Waals surface area contributed by atoms with Gasteiger partial charge < -0.3 is 19.7 Å². The molecule has 2 aromatic carbocycles. The van der Waals surface area contributed by atoms with E-state index in [-0.39, 0.29) is 25.0 Å². The van der Waals surface area contributed by atoms with Gasteiger partial charge in [-0.05, 0) is 25.1 Å². The molecule has 0 saturated heterocycles. The van der Waals surface area contributed by atoms with Gasteiger partial charge in [-0.25, -0.2) is 0 Å².